The standard InChI is InChI=1S/C60H60N4O5S2/c1-11-63(12-2)43-24-22-35(4)28-49(43)67-26-27-68-50-29-36(23-25-44(50)64(13-3)34-53(65)66)54-41-30-39-45(61(9)59(5,6)55-37-18-14-16-20-51(37)70-57(39)55)32-47(41)69-48-33-46-40(31-42(48)54)58-56(60(7,8)62(46)10)38-19-15-17-21-52(38)71-58/h14-25,28-33H,11-13,26-27,34H2,1-10H3/p+1. The van der Waals surface area contributed by atoms with E-state index >= 15 is 0 Å². The van der Waals surface area contributed by atoms with Crippen molar-refractivity contribution in [2.45, 2.75) is 66.5 Å². The fourth-order valence-electron chi connectivity index (χ4n) is 11.3. The lowest BCUT2D eigenvalue weighted by Gasteiger charge is -2.43. The summed E-state index contributed by atoms with van der Waals surface area (Å²) in [5.41, 5.74) is 11.4. The second-order valence-corrected chi connectivity index (χ2v) is 22.1. The summed E-state index contributed by atoms with van der Waals surface area (Å²) in [5, 5.41) is 14.8. The number of carbonyl (C=O) groups is 1. The number of aliphatic carboxylic acids is 1. The molecule has 3 aliphatic heterocycles. The molecule has 0 atom stereocenters. The van der Waals surface area contributed by atoms with Gasteiger partial charge in [-0.05, 0) is 107 Å². The topological polar surface area (TPSA) is 77.7 Å². The molecule has 0 aliphatic carbocycles. The van der Waals surface area contributed by atoms with E-state index in [1.165, 1.54) is 52.2 Å². The van der Waals surface area contributed by atoms with Crippen molar-refractivity contribution < 1.29 is 24.1 Å². The Balaban J connectivity index is 1.13. The SMILES string of the molecule is CCN(CC)c1ccc(C)cc1OCCOc1cc(C2=c3cc4c(cc3Oc3cc5c(cc32)-c2sc3ccccc3c2C(C)(C)N5C)=[N+](C)C(C)(C)c2c-4sc3ccccc23)ccc1N(CC)CC(=O)O. The van der Waals surface area contributed by atoms with E-state index in [2.05, 4.69) is 180 Å². The number of aryl methyl sites for hydroxylation is 1. The molecule has 8 aromatic rings. The van der Waals surface area contributed by atoms with Crippen molar-refractivity contribution in [2.75, 3.05) is 68.2 Å². The molecule has 0 fully saturated rings. The normalized spacial score (nSPS) is 14.8. The van der Waals surface area contributed by atoms with Crippen LogP contribution in [0.25, 0.3) is 46.6 Å². The van der Waals surface area contributed by atoms with E-state index in [0.29, 0.717) is 24.6 Å². The first kappa shape index (κ1) is 46.6. The van der Waals surface area contributed by atoms with Crippen molar-refractivity contribution in [2.24, 2.45) is 0 Å². The average molecular weight is 982 g/mol. The molecule has 2 aromatic heterocycles. The summed E-state index contributed by atoms with van der Waals surface area (Å²) in [4.78, 5) is 21.4. The van der Waals surface area contributed by atoms with Gasteiger partial charge in [-0.2, -0.15) is 0 Å². The van der Waals surface area contributed by atoms with Gasteiger partial charge in [0, 0.05) is 105 Å². The van der Waals surface area contributed by atoms with Crippen LogP contribution in [0.2, 0.25) is 0 Å². The van der Waals surface area contributed by atoms with Crippen molar-refractivity contribution in [3.63, 3.8) is 0 Å². The third-order valence-electron chi connectivity index (χ3n) is 15.4. The fraction of sp³-hybridized carbons (Fsp3) is 0.300. The third kappa shape index (κ3) is 7.45. The van der Waals surface area contributed by atoms with Crippen LogP contribution in [0.3, 0.4) is 0 Å². The van der Waals surface area contributed by atoms with Crippen molar-refractivity contribution in [1.82, 2.24) is 4.58 Å². The van der Waals surface area contributed by atoms with Gasteiger partial charge in [-0.15, -0.1) is 22.7 Å². The van der Waals surface area contributed by atoms with Gasteiger partial charge in [-0.3, -0.25) is 4.79 Å². The van der Waals surface area contributed by atoms with Gasteiger partial charge in [0.1, 0.15) is 49.8 Å². The molecule has 0 amide bonds. The summed E-state index contributed by atoms with van der Waals surface area (Å²) in [7, 11) is 4.40. The smallest absolute Gasteiger partial charge is 0.323 e. The van der Waals surface area contributed by atoms with Crippen molar-refractivity contribution in [3.05, 3.63) is 148 Å². The van der Waals surface area contributed by atoms with E-state index in [1.807, 2.05) is 40.6 Å². The average Bonchev–Trinajstić information content (AvgIpc) is 3.96. The van der Waals surface area contributed by atoms with E-state index in [1.54, 1.807) is 0 Å². The van der Waals surface area contributed by atoms with Crippen LogP contribution in [-0.2, 0) is 15.9 Å². The molecule has 0 bridgehead atoms. The Labute approximate surface area is 424 Å². The highest BCUT2D eigenvalue weighted by molar-refractivity contribution is 7.23. The highest BCUT2D eigenvalue weighted by atomic mass is 32.1. The van der Waals surface area contributed by atoms with E-state index in [9.17, 15) is 9.90 Å². The number of fused-ring (bicyclic) bond motifs is 12. The zero-order chi connectivity index (χ0) is 49.7. The molecule has 0 saturated carbocycles. The van der Waals surface area contributed by atoms with Crippen LogP contribution < -0.4 is 44.1 Å². The van der Waals surface area contributed by atoms with Crippen LogP contribution in [-0.4, -0.2) is 64.6 Å². The molecule has 71 heavy (non-hydrogen) atoms. The molecular weight excluding hydrogens is 921 g/mol. The summed E-state index contributed by atoms with van der Waals surface area (Å²) in [6.45, 7) is 20.2. The first-order chi connectivity index (χ1) is 34.1. The van der Waals surface area contributed by atoms with E-state index in [0.717, 1.165) is 74.6 Å². The molecule has 3 aliphatic rings. The Hall–Kier alpha value is -6.82. The van der Waals surface area contributed by atoms with Crippen LogP contribution in [0.4, 0.5) is 17.1 Å². The minimum atomic E-state index is -0.910. The molecule has 6 aromatic carbocycles. The molecule has 0 unspecified atom stereocenters. The predicted molar refractivity (Wildman–Crippen MR) is 295 cm³/mol. The summed E-state index contributed by atoms with van der Waals surface area (Å²) >= 11 is 3.71. The maximum atomic E-state index is 12.3. The first-order valence-electron chi connectivity index (χ1n) is 24.8. The Morgan fingerprint density at radius 3 is 1.97 bits per heavy atom. The minimum Gasteiger partial charge on any atom is -0.488 e. The van der Waals surface area contributed by atoms with Crippen molar-refractivity contribution in [1.29, 1.82) is 0 Å². The van der Waals surface area contributed by atoms with Crippen LogP contribution in [0.1, 0.15) is 76.3 Å². The molecule has 362 valence electrons. The summed E-state index contributed by atoms with van der Waals surface area (Å²) in [5.74, 6) is 2.05. The molecule has 0 saturated heterocycles. The first-order valence-corrected chi connectivity index (χ1v) is 26.4. The zero-order valence-electron chi connectivity index (χ0n) is 42.3. The van der Waals surface area contributed by atoms with Crippen molar-refractivity contribution in [3.8, 4) is 43.9 Å². The molecule has 1 N–H and O–H groups in total. The zero-order valence-corrected chi connectivity index (χ0v) is 44.0. The molecule has 5 heterocycles. The monoisotopic (exact) mass is 981 g/mol. The molecule has 11 rings (SSSR count). The molecule has 0 radical (unpaired) electrons. The maximum Gasteiger partial charge on any atom is 0.323 e. The Kier molecular flexibility index (Phi) is 11.5. The van der Waals surface area contributed by atoms with Gasteiger partial charge >= 0.3 is 5.97 Å². The van der Waals surface area contributed by atoms with Crippen LogP contribution in [0.15, 0.2) is 109 Å². The Morgan fingerprint density at radius 1 is 0.704 bits per heavy atom. The largest absolute Gasteiger partial charge is 0.488 e. The predicted octanol–water partition coefficient (Wildman–Crippen LogP) is 12.4. The van der Waals surface area contributed by atoms with Gasteiger partial charge in [0.2, 0.25) is 5.36 Å². The Bertz CT molecular complexity index is 3620. The number of rotatable bonds is 13. The van der Waals surface area contributed by atoms with Gasteiger partial charge in [0.25, 0.3) is 0 Å². The lowest BCUT2D eigenvalue weighted by atomic mass is 9.81. The Morgan fingerprint density at radius 2 is 1.31 bits per heavy atom. The lowest BCUT2D eigenvalue weighted by molar-refractivity contribution is -0.135. The summed E-state index contributed by atoms with van der Waals surface area (Å²) in [6, 6.07) is 39.3. The second kappa shape index (κ2) is 17.5. The van der Waals surface area contributed by atoms with E-state index < -0.39 is 5.97 Å². The van der Waals surface area contributed by atoms with Crippen LogP contribution in [0, 0.1) is 6.92 Å². The number of carboxylic acid groups (broad SMARTS) is 1. The summed E-state index contributed by atoms with van der Waals surface area (Å²) in [6.07, 6.45) is 0. The van der Waals surface area contributed by atoms with Crippen LogP contribution in [0.5, 0.6) is 23.0 Å². The number of thiophene rings is 2. The van der Waals surface area contributed by atoms with Gasteiger partial charge in [0.15, 0.2) is 5.54 Å². The van der Waals surface area contributed by atoms with Gasteiger partial charge in [-0.1, -0.05) is 48.5 Å². The number of carboxylic acids is 1. The number of ether oxygens (including phenoxy) is 3. The molecular formula is C60H61N4O5S2+. The number of likely N-dealkylation sites (N-methyl/N-ethyl adjacent to an activating group) is 1. The quantitative estimate of drug-likeness (QED) is 0.0904. The van der Waals surface area contributed by atoms with Crippen molar-refractivity contribution >= 4 is 71.5 Å². The summed E-state index contributed by atoms with van der Waals surface area (Å²) < 4.78 is 25.5. The number of hydrogen-bond donors (Lipinski definition) is 1. The number of nitrogens with zero attached hydrogens (tertiary/aromatic N) is 4. The third-order valence-corrected chi connectivity index (χ3v) is 17.8. The molecule has 11 heteroatoms. The fourth-order valence-corrected chi connectivity index (χ4v) is 14.0. The molecule has 9 nitrogen and oxygen atoms in total. The van der Waals surface area contributed by atoms with Crippen LogP contribution >= 0.6 is 22.7 Å². The number of hydrogen-bond acceptors (Lipinski definition) is 9. The lowest BCUT2D eigenvalue weighted by Crippen LogP contribution is -2.46. The highest BCUT2D eigenvalue weighted by Gasteiger charge is 2.43. The van der Waals surface area contributed by atoms with E-state index in [-0.39, 0.29) is 24.2 Å². The van der Waals surface area contributed by atoms with Gasteiger partial charge < -0.3 is 34.0 Å². The van der Waals surface area contributed by atoms with Gasteiger partial charge in [0.05, 0.1) is 33.4 Å². The highest BCUT2D eigenvalue weighted by Crippen LogP contribution is 2.56. The minimum absolute atomic E-state index is 0.170. The van der Waals surface area contributed by atoms with E-state index in [4.69, 9.17) is 14.2 Å². The molecule has 0 spiro atoms. The maximum absolute atomic E-state index is 12.3. The van der Waals surface area contributed by atoms with Gasteiger partial charge in [-0.25, -0.2) is 4.58 Å². The number of benzene rings is 6. The number of anilines is 3. The second-order valence-electron chi connectivity index (χ2n) is 20.0.